The summed E-state index contributed by atoms with van der Waals surface area (Å²) >= 11 is 1.11. The van der Waals surface area contributed by atoms with Gasteiger partial charge in [-0.25, -0.2) is 4.79 Å². The third-order valence-corrected chi connectivity index (χ3v) is 4.51. The van der Waals surface area contributed by atoms with Gasteiger partial charge in [-0.3, -0.25) is 4.79 Å². The number of nitrogens with two attached hydrogens (primary N) is 1. The number of benzene rings is 2. The highest BCUT2D eigenvalue weighted by Gasteiger charge is 2.20. The van der Waals surface area contributed by atoms with E-state index in [-0.39, 0.29) is 11.1 Å². The highest BCUT2D eigenvalue weighted by Crippen LogP contribution is 2.32. The molecule has 0 saturated heterocycles. The molecule has 0 radical (unpaired) electrons. The van der Waals surface area contributed by atoms with E-state index in [0.717, 1.165) is 17.3 Å². The van der Waals surface area contributed by atoms with E-state index in [2.05, 4.69) is 4.99 Å². The highest BCUT2D eigenvalue weighted by atomic mass is 32.2. The Morgan fingerprint density at radius 2 is 1.93 bits per heavy atom. The molecule has 1 aliphatic heterocycles. The topological polar surface area (TPSA) is 91.0 Å². The van der Waals surface area contributed by atoms with Gasteiger partial charge in [0.25, 0.3) is 5.91 Å². The lowest BCUT2D eigenvalue weighted by atomic mass is 10.1. The lowest BCUT2D eigenvalue weighted by molar-refractivity contribution is -0.113. The van der Waals surface area contributed by atoms with Crippen LogP contribution >= 0.6 is 11.8 Å². The van der Waals surface area contributed by atoms with Gasteiger partial charge in [-0.15, -0.1) is 0 Å². The minimum absolute atomic E-state index is 0.222. The average molecular weight is 382 g/mol. The van der Waals surface area contributed by atoms with Gasteiger partial charge in [0.1, 0.15) is 0 Å². The maximum Gasteiger partial charge on any atom is 0.343 e. The first-order valence-corrected chi connectivity index (χ1v) is 9.11. The first-order chi connectivity index (χ1) is 13.0. The average Bonchev–Trinajstić information content (AvgIpc) is 2.95. The van der Waals surface area contributed by atoms with Crippen molar-refractivity contribution >= 4 is 34.9 Å². The summed E-state index contributed by atoms with van der Waals surface area (Å²) in [4.78, 5) is 28.2. The summed E-state index contributed by atoms with van der Waals surface area (Å²) < 4.78 is 11.1. The molecule has 138 valence electrons. The number of carbonyl (C=O) groups is 2. The van der Waals surface area contributed by atoms with E-state index in [1.54, 1.807) is 36.4 Å². The van der Waals surface area contributed by atoms with E-state index >= 15 is 0 Å². The fourth-order valence-corrected chi connectivity index (χ4v) is 3.07. The summed E-state index contributed by atoms with van der Waals surface area (Å²) in [5.74, 6) is -0.113. The predicted octanol–water partition coefficient (Wildman–Crippen LogP) is 3.54. The zero-order valence-corrected chi connectivity index (χ0v) is 15.7. The second-order valence-electron chi connectivity index (χ2n) is 5.76. The van der Waals surface area contributed by atoms with Crippen molar-refractivity contribution < 1.29 is 19.1 Å². The number of rotatable bonds is 5. The van der Waals surface area contributed by atoms with Gasteiger partial charge >= 0.3 is 5.97 Å². The first kappa shape index (κ1) is 18.7. The lowest BCUT2D eigenvalue weighted by Gasteiger charge is -2.11. The van der Waals surface area contributed by atoms with Gasteiger partial charge in [-0.2, -0.15) is 4.99 Å². The van der Waals surface area contributed by atoms with Crippen molar-refractivity contribution in [3.63, 3.8) is 0 Å². The summed E-state index contributed by atoms with van der Waals surface area (Å²) in [5, 5.41) is 0.222. The summed E-state index contributed by atoms with van der Waals surface area (Å²) in [5.41, 5.74) is 7.79. The molecule has 2 N–H and O–H groups in total. The molecule has 6 nitrogen and oxygen atoms in total. The number of amides is 1. The number of carbonyl (C=O) groups excluding carboxylic acids is 2. The molecule has 0 atom stereocenters. The second kappa shape index (κ2) is 8.09. The Kier molecular flexibility index (Phi) is 5.61. The standard InChI is InChI=1S/C20H18N2O4S/c1-3-25-16-10-13(11-17-18(23)22-20(21)27-17)6-9-15(16)26-19(24)14-7-4-12(2)5-8-14/h4-11H,3H2,1-2H3,(H2,21,22,23). The number of ether oxygens (including phenoxy) is 2. The Bertz CT molecular complexity index is 949. The fraction of sp³-hybridized carbons (Fsp3) is 0.150. The van der Waals surface area contributed by atoms with Crippen molar-refractivity contribution in [3.05, 3.63) is 64.1 Å². The fourth-order valence-electron chi connectivity index (χ4n) is 2.39. The molecule has 1 amide bonds. The first-order valence-electron chi connectivity index (χ1n) is 8.30. The van der Waals surface area contributed by atoms with Gasteiger partial charge in [-0.1, -0.05) is 23.8 Å². The maximum atomic E-state index is 12.4. The SMILES string of the molecule is CCOc1cc(C=C2SC(N)=NC2=O)ccc1OC(=O)c1ccc(C)cc1. The Hall–Kier alpha value is -3.06. The molecule has 1 aliphatic rings. The molecule has 1 heterocycles. The molecular formula is C20H18N2O4S. The normalized spacial score (nSPS) is 15.0. The molecule has 0 spiro atoms. The number of hydrogen-bond donors (Lipinski definition) is 1. The van der Waals surface area contributed by atoms with E-state index in [1.165, 1.54) is 0 Å². The molecule has 0 aromatic heterocycles. The number of aliphatic imine (C=N–C) groups is 1. The summed E-state index contributed by atoms with van der Waals surface area (Å²) in [6.07, 6.45) is 1.67. The monoisotopic (exact) mass is 382 g/mol. The predicted molar refractivity (Wildman–Crippen MR) is 106 cm³/mol. The summed E-state index contributed by atoms with van der Waals surface area (Å²) in [7, 11) is 0. The van der Waals surface area contributed by atoms with E-state index in [1.807, 2.05) is 26.0 Å². The molecule has 2 aromatic rings. The van der Waals surface area contributed by atoms with Gasteiger partial charge in [0.05, 0.1) is 17.1 Å². The van der Waals surface area contributed by atoms with Crippen molar-refractivity contribution in [2.24, 2.45) is 10.7 Å². The van der Waals surface area contributed by atoms with Crippen LogP contribution < -0.4 is 15.2 Å². The van der Waals surface area contributed by atoms with E-state index in [0.29, 0.717) is 34.1 Å². The number of nitrogens with zero attached hydrogens (tertiary/aromatic N) is 1. The van der Waals surface area contributed by atoms with E-state index in [9.17, 15) is 9.59 Å². The van der Waals surface area contributed by atoms with Crippen LogP contribution in [0.5, 0.6) is 11.5 Å². The molecule has 0 unspecified atom stereocenters. The third kappa shape index (κ3) is 4.57. The van der Waals surface area contributed by atoms with Gasteiger partial charge in [0.2, 0.25) is 0 Å². The molecule has 27 heavy (non-hydrogen) atoms. The minimum Gasteiger partial charge on any atom is -0.490 e. The molecule has 3 rings (SSSR count). The van der Waals surface area contributed by atoms with Crippen LogP contribution in [-0.4, -0.2) is 23.7 Å². The molecular weight excluding hydrogens is 364 g/mol. The molecule has 0 aliphatic carbocycles. The van der Waals surface area contributed by atoms with Crippen molar-refractivity contribution in [2.45, 2.75) is 13.8 Å². The summed E-state index contributed by atoms with van der Waals surface area (Å²) in [6.45, 7) is 4.18. The molecule has 7 heteroatoms. The van der Waals surface area contributed by atoms with Gasteiger partial charge in [0.15, 0.2) is 16.7 Å². The Morgan fingerprint density at radius 3 is 2.56 bits per heavy atom. The van der Waals surface area contributed by atoms with Gasteiger partial charge in [-0.05, 0) is 61.5 Å². The maximum absolute atomic E-state index is 12.4. The van der Waals surface area contributed by atoms with Crippen molar-refractivity contribution in [2.75, 3.05) is 6.61 Å². The van der Waals surface area contributed by atoms with Crippen LogP contribution in [0.3, 0.4) is 0 Å². The van der Waals surface area contributed by atoms with Crippen molar-refractivity contribution in [1.29, 1.82) is 0 Å². The van der Waals surface area contributed by atoms with Crippen LogP contribution in [0.25, 0.3) is 6.08 Å². The Morgan fingerprint density at radius 1 is 1.19 bits per heavy atom. The van der Waals surface area contributed by atoms with Gasteiger partial charge in [0, 0.05) is 0 Å². The highest BCUT2D eigenvalue weighted by molar-refractivity contribution is 8.18. The van der Waals surface area contributed by atoms with Crippen molar-refractivity contribution in [3.8, 4) is 11.5 Å². The quantitative estimate of drug-likeness (QED) is 0.483. The number of hydrogen-bond acceptors (Lipinski definition) is 6. The number of aryl methyl sites for hydroxylation is 1. The molecule has 0 bridgehead atoms. The Balaban J connectivity index is 1.83. The van der Waals surface area contributed by atoms with Crippen LogP contribution in [0.4, 0.5) is 0 Å². The van der Waals surface area contributed by atoms with Crippen LogP contribution in [0, 0.1) is 6.92 Å². The second-order valence-corrected chi connectivity index (χ2v) is 6.82. The smallest absolute Gasteiger partial charge is 0.343 e. The molecule has 0 fully saturated rings. The summed E-state index contributed by atoms with van der Waals surface area (Å²) in [6, 6.07) is 12.2. The van der Waals surface area contributed by atoms with Crippen LogP contribution in [0.15, 0.2) is 52.4 Å². The number of thioether (sulfide) groups is 1. The van der Waals surface area contributed by atoms with E-state index < -0.39 is 5.97 Å². The lowest BCUT2D eigenvalue weighted by Crippen LogP contribution is -2.09. The molecule has 0 saturated carbocycles. The Labute approximate surface area is 161 Å². The zero-order chi connectivity index (χ0) is 19.4. The van der Waals surface area contributed by atoms with Gasteiger partial charge < -0.3 is 15.2 Å². The van der Waals surface area contributed by atoms with Crippen molar-refractivity contribution in [1.82, 2.24) is 0 Å². The minimum atomic E-state index is -0.468. The zero-order valence-electron chi connectivity index (χ0n) is 14.9. The number of amidine groups is 1. The largest absolute Gasteiger partial charge is 0.490 e. The van der Waals surface area contributed by atoms with E-state index in [4.69, 9.17) is 15.2 Å². The number of esters is 1. The van der Waals surface area contributed by atoms with Crippen LogP contribution in [0.2, 0.25) is 0 Å². The van der Waals surface area contributed by atoms with Crippen LogP contribution in [-0.2, 0) is 4.79 Å². The third-order valence-electron chi connectivity index (χ3n) is 3.69. The van der Waals surface area contributed by atoms with Crippen LogP contribution in [0.1, 0.15) is 28.4 Å². The molecule has 2 aromatic carbocycles.